The zero-order valence-corrected chi connectivity index (χ0v) is 12.9. The second kappa shape index (κ2) is 6.50. The highest BCUT2D eigenvalue weighted by Crippen LogP contribution is 2.42. The Kier molecular flexibility index (Phi) is 4.66. The third-order valence-corrected chi connectivity index (χ3v) is 5.64. The van der Waals surface area contributed by atoms with E-state index >= 15 is 0 Å². The summed E-state index contributed by atoms with van der Waals surface area (Å²) in [6.45, 7) is 0. The van der Waals surface area contributed by atoms with E-state index in [4.69, 9.17) is 0 Å². The van der Waals surface area contributed by atoms with Gasteiger partial charge in [0.05, 0.1) is 11.7 Å². The highest BCUT2D eigenvalue weighted by atomic mass is 16.3. The van der Waals surface area contributed by atoms with Crippen LogP contribution in [-0.2, 0) is 0 Å². The molecule has 3 atom stereocenters. The summed E-state index contributed by atoms with van der Waals surface area (Å²) in [5, 5.41) is 21.2. The number of aliphatic hydroxyl groups is 2. The second-order valence-corrected chi connectivity index (χ2v) is 7.24. The van der Waals surface area contributed by atoms with Crippen LogP contribution in [0.25, 0.3) is 0 Å². The van der Waals surface area contributed by atoms with Gasteiger partial charge < -0.3 is 10.2 Å². The van der Waals surface area contributed by atoms with E-state index in [2.05, 4.69) is 30.3 Å². The molecule has 21 heavy (non-hydrogen) atoms. The molecular weight excluding hydrogens is 260 g/mol. The van der Waals surface area contributed by atoms with Gasteiger partial charge in [-0.05, 0) is 55.9 Å². The van der Waals surface area contributed by atoms with Gasteiger partial charge in [-0.15, -0.1) is 0 Å². The summed E-state index contributed by atoms with van der Waals surface area (Å²) in [7, 11) is 0. The van der Waals surface area contributed by atoms with Crippen LogP contribution < -0.4 is 0 Å². The predicted octanol–water partition coefficient (Wildman–Crippen LogP) is 4.02. The van der Waals surface area contributed by atoms with Crippen LogP contribution in [-0.4, -0.2) is 21.9 Å². The molecule has 2 aliphatic rings. The number of benzene rings is 1. The SMILES string of the molecule is OC1CCC(c2ccccc2)CC1CC1(O)CCCCC1. The average Bonchev–Trinajstić information content (AvgIpc) is 2.51. The third-order valence-electron chi connectivity index (χ3n) is 5.64. The minimum atomic E-state index is -0.511. The fourth-order valence-corrected chi connectivity index (χ4v) is 4.40. The molecule has 0 bridgehead atoms. The predicted molar refractivity (Wildman–Crippen MR) is 85.2 cm³/mol. The van der Waals surface area contributed by atoms with Gasteiger partial charge in [-0.3, -0.25) is 0 Å². The topological polar surface area (TPSA) is 40.5 Å². The monoisotopic (exact) mass is 288 g/mol. The first kappa shape index (κ1) is 15.1. The first-order chi connectivity index (χ1) is 10.2. The Balaban J connectivity index is 1.66. The Morgan fingerprint density at radius 3 is 2.43 bits per heavy atom. The molecular formula is C19H28O2. The lowest BCUT2D eigenvalue weighted by Gasteiger charge is -2.40. The Bertz CT molecular complexity index is 436. The van der Waals surface area contributed by atoms with Gasteiger partial charge in [0.1, 0.15) is 0 Å². The van der Waals surface area contributed by atoms with Gasteiger partial charge in [0.25, 0.3) is 0 Å². The van der Waals surface area contributed by atoms with Crippen molar-refractivity contribution in [1.82, 2.24) is 0 Å². The maximum absolute atomic E-state index is 10.8. The van der Waals surface area contributed by atoms with Crippen molar-refractivity contribution in [2.45, 2.75) is 75.4 Å². The highest BCUT2D eigenvalue weighted by molar-refractivity contribution is 5.20. The minimum Gasteiger partial charge on any atom is -0.393 e. The zero-order chi connectivity index (χ0) is 14.7. The molecule has 2 saturated carbocycles. The summed E-state index contributed by atoms with van der Waals surface area (Å²) in [6.07, 6.45) is 8.91. The molecule has 0 aromatic heterocycles. The Morgan fingerprint density at radius 1 is 1.00 bits per heavy atom. The Hall–Kier alpha value is -0.860. The van der Waals surface area contributed by atoms with Gasteiger partial charge in [0, 0.05) is 0 Å². The van der Waals surface area contributed by atoms with Crippen LogP contribution in [0.4, 0.5) is 0 Å². The quantitative estimate of drug-likeness (QED) is 0.882. The lowest BCUT2D eigenvalue weighted by atomic mass is 9.70. The molecule has 0 radical (unpaired) electrons. The van der Waals surface area contributed by atoms with Gasteiger partial charge in [0.15, 0.2) is 0 Å². The zero-order valence-electron chi connectivity index (χ0n) is 12.9. The summed E-state index contributed by atoms with van der Waals surface area (Å²) in [5.74, 6) is 0.804. The highest BCUT2D eigenvalue weighted by Gasteiger charge is 2.37. The molecule has 2 aliphatic carbocycles. The van der Waals surface area contributed by atoms with E-state index in [1.165, 1.54) is 12.0 Å². The van der Waals surface area contributed by atoms with Gasteiger partial charge in [-0.25, -0.2) is 0 Å². The summed E-state index contributed by atoms with van der Waals surface area (Å²) in [6, 6.07) is 10.7. The molecule has 0 spiro atoms. The first-order valence-corrected chi connectivity index (χ1v) is 8.62. The van der Waals surface area contributed by atoms with E-state index in [1.807, 2.05) is 0 Å². The molecule has 2 heteroatoms. The Labute approximate surface area is 128 Å². The normalized spacial score (nSPS) is 32.8. The first-order valence-electron chi connectivity index (χ1n) is 8.62. The van der Waals surface area contributed by atoms with Crippen LogP contribution in [0.3, 0.4) is 0 Å². The summed E-state index contributed by atoms with van der Waals surface area (Å²) < 4.78 is 0. The molecule has 0 saturated heterocycles. The van der Waals surface area contributed by atoms with Gasteiger partial charge in [-0.1, -0.05) is 49.6 Å². The average molecular weight is 288 g/mol. The second-order valence-electron chi connectivity index (χ2n) is 7.24. The minimum absolute atomic E-state index is 0.226. The van der Waals surface area contributed by atoms with Crippen molar-refractivity contribution in [2.24, 2.45) is 5.92 Å². The van der Waals surface area contributed by atoms with E-state index in [0.29, 0.717) is 5.92 Å². The van der Waals surface area contributed by atoms with Crippen molar-refractivity contribution in [3.8, 4) is 0 Å². The van der Waals surface area contributed by atoms with E-state index in [1.54, 1.807) is 0 Å². The molecule has 0 amide bonds. The van der Waals surface area contributed by atoms with E-state index in [-0.39, 0.29) is 12.0 Å². The molecule has 3 rings (SSSR count). The van der Waals surface area contributed by atoms with Crippen LogP contribution in [0, 0.1) is 5.92 Å². The summed E-state index contributed by atoms with van der Waals surface area (Å²) >= 11 is 0. The largest absolute Gasteiger partial charge is 0.393 e. The summed E-state index contributed by atoms with van der Waals surface area (Å²) in [5.41, 5.74) is 0.882. The van der Waals surface area contributed by atoms with Crippen LogP contribution in [0.5, 0.6) is 0 Å². The lowest BCUT2D eigenvalue weighted by molar-refractivity contribution is -0.0491. The van der Waals surface area contributed by atoms with Crippen LogP contribution in [0.1, 0.15) is 69.3 Å². The van der Waals surface area contributed by atoms with Crippen molar-refractivity contribution in [3.63, 3.8) is 0 Å². The van der Waals surface area contributed by atoms with Crippen LogP contribution in [0.15, 0.2) is 30.3 Å². The number of hydrogen-bond acceptors (Lipinski definition) is 2. The fraction of sp³-hybridized carbons (Fsp3) is 0.684. The van der Waals surface area contributed by atoms with Gasteiger partial charge in [0.2, 0.25) is 0 Å². The molecule has 1 aromatic rings. The van der Waals surface area contributed by atoms with Gasteiger partial charge in [-0.2, -0.15) is 0 Å². The maximum atomic E-state index is 10.8. The third kappa shape index (κ3) is 3.67. The molecule has 0 aliphatic heterocycles. The number of rotatable bonds is 3. The van der Waals surface area contributed by atoms with E-state index in [0.717, 1.165) is 51.4 Å². The molecule has 2 nitrogen and oxygen atoms in total. The van der Waals surface area contributed by atoms with E-state index in [9.17, 15) is 10.2 Å². The molecule has 0 heterocycles. The summed E-state index contributed by atoms with van der Waals surface area (Å²) in [4.78, 5) is 0. The van der Waals surface area contributed by atoms with Crippen LogP contribution >= 0.6 is 0 Å². The standard InChI is InChI=1S/C19H28O2/c20-18-10-9-16(15-7-3-1-4-8-15)13-17(18)14-19(21)11-5-2-6-12-19/h1,3-4,7-8,16-18,20-21H,2,5-6,9-14H2. The van der Waals surface area contributed by atoms with Crippen molar-refractivity contribution >= 4 is 0 Å². The van der Waals surface area contributed by atoms with Crippen molar-refractivity contribution in [1.29, 1.82) is 0 Å². The fourth-order valence-electron chi connectivity index (χ4n) is 4.40. The van der Waals surface area contributed by atoms with Crippen molar-refractivity contribution in [3.05, 3.63) is 35.9 Å². The van der Waals surface area contributed by atoms with Crippen molar-refractivity contribution < 1.29 is 10.2 Å². The lowest BCUT2D eigenvalue weighted by Crippen LogP contribution is -2.39. The van der Waals surface area contributed by atoms with Crippen LogP contribution in [0.2, 0.25) is 0 Å². The van der Waals surface area contributed by atoms with Gasteiger partial charge >= 0.3 is 0 Å². The molecule has 116 valence electrons. The number of hydrogen-bond donors (Lipinski definition) is 2. The molecule has 3 unspecified atom stereocenters. The number of aliphatic hydroxyl groups excluding tert-OH is 1. The van der Waals surface area contributed by atoms with E-state index < -0.39 is 5.60 Å². The molecule has 1 aromatic carbocycles. The maximum Gasteiger partial charge on any atom is 0.0651 e. The smallest absolute Gasteiger partial charge is 0.0651 e. The van der Waals surface area contributed by atoms with Crippen molar-refractivity contribution in [2.75, 3.05) is 0 Å². The Morgan fingerprint density at radius 2 is 1.71 bits per heavy atom. The molecule has 2 N–H and O–H groups in total. The molecule has 2 fully saturated rings.